The van der Waals surface area contributed by atoms with E-state index in [1.165, 1.54) is 13.4 Å². The SMILES string of the molecule is C=C[C@@H]1[C@H](O[C@@H]2O[C@H](CO)[C@H](O)[C@H](O)[C@H]2O)OC=C(C(=O)OC)[C@H]1C[C@@H]1OCC[C@H](C)O1. The Morgan fingerprint density at radius 2 is 1.97 bits per heavy atom. The Bertz CT molecular complexity index is 681. The number of aliphatic hydroxyl groups is 4. The Kier molecular flexibility index (Phi) is 8.64. The molecule has 11 heteroatoms. The van der Waals surface area contributed by atoms with Crippen LogP contribution in [0.3, 0.4) is 0 Å². The van der Waals surface area contributed by atoms with E-state index in [4.69, 9.17) is 28.4 Å². The van der Waals surface area contributed by atoms with Crippen molar-refractivity contribution in [2.75, 3.05) is 20.3 Å². The quantitative estimate of drug-likeness (QED) is 0.278. The molecule has 11 nitrogen and oxygen atoms in total. The molecule has 32 heavy (non-hydrogen) atoms. The molecule has 2 fully saturated rings. The Labute approximate surface area is 186 Å². The monoisotopic (exact) mass is 460 g/mol. The van der Waals surface area contributed by atoms with Gasteiger partial charge in [0.2, 0.25) is 6.29 Å². The zero-order valence-corrected chi connectivity index (χ0v) is 18.1. The molecule has 0 bridgehead atoms. The van der Waals surface area contributed by atoms with Gasteiger partial charge in [-0.3, -0.25) is 0 Å². The van der Waals surface area contributed by atoms with Gasteiger partial charge < -0.3 is 48.8 Å². The summed E-state index contributed by atoms with van der Waals surface area (Å²) in [7, 11) is 1.26. The fourth-order valence-electron chi connectivity index (χ4n) is 4.09. The molecule has 4 N–H and O–H groups in total. The second kappa shape index (κ2) is 11.0. The van der Waals surface area contributed by atoms with Crippen molar-refractivity contribution in [2.24, 2.45) is 11.8 Å². The third kappa shape index (κ3) is 5.32. The number of carbonyl (C=O) groups excluding carboxylic acids is 1. The summed E-state index contributed by atoms with van der Waals surface area (Å²) in [5.74, 6) is -1.71. The highest BCUT2D eigenvalue weighted by molar-refractivity contribution is 5.88. The number of carbonyl (C=O) groups is 1. The summed E-state index contributed by atoms with van der Waals surface area (Å²) in [6.45, 7) is 5.70. The lowest BCUT2D eigenvalue weighted by atomic mass is 9.81. The van der Waals surface area contributed by atoms with Gasteiger partial charge in [-0.15, -0.1) is 6.58 Å². The summed E-state index contributed by atoms with van der Waals surface area (Å²) < 4.78 is 33.2. The van der Waals surface area contributed by atoms with E-state index < -0.39 is 67.7 Å². The van der Waals surface area contributed by atoms with Crippen molar-refractivity contribution in [1.82, 2.24) is 0 Å². The Balaban J connectivity index is 1.80. The summed E-state index contributed by atoms with van der Waals surface area (Å²) in [6.07, 6.45) is -5.06. The van der Waals surface area contributed by atoms with E-state index in [9.17, 15) is 25.2 Å². The molecule has 0 aromatic carbocycles. The van der Waals surface area contributed by atoms with Crippen LogP contribution in [0.4, 0.5) is 0 Å². The summed E-state index contributed by atoms with van der Waals surface area (Å²) in [6, 6.07) is 0. The highest BCUT2D eigenvalue weighted by Crippen LogP contribution is 2.38. The molecule has 3 aliphatic rings. The number of hydrogen-bond acceptors (Lipinski definition) is 11. The molecule has 10 atom stereocenters. The van der Waals surface area contributed by atoms with Gasteiger partial charge in [0.1, 0.15) is 24.4 Å². The first-order valence-corrected chi connectivity index (χ1v) is 10.6. The largest absolute Gasteiger partial charge is 0.471 e. The number of hydrogen-bond donors (Lipinski definition) is 4. The fraction of sp³-hybridized carbons (Fsp3) is 0.762. The van der Waals surface area contributed by atoms with Crippen molar-refractivity contribution in [2.45, 2.75) is 69.2 Å². The van der Waals surface area contributed by atoms with Gasteiger partial charge in [0.15, 0.2) is 12.6 Å². The van der Waals surface area contributed by atoms with Crippen LogP contribution in [-0.2, 0) is 33.2 Å². The van der Waals surface area contributed by atoms with Crippen LogP contribution in [0.2, 0.25) is 0 Å². The maximum absolute atomic E-state index is 12.4. The maximum Gasteiger partial charge on any atom is 0.337 e. The number of aliphatic hydroxyl groups excluding tert-OH is 4. The number of rotatable bonds is 7. The van der Waals surface area contributed by atoms with Crippen molar-refractivity contribution in [3.05, 3.63) is 24.5 Å². The summed E-state index contributed by atoms with van der Waals surface area (Å²) >= 11 is 0. The highest BCUT2D eigenvalue weighted by atomic mass is 16.8. The van der Waals surface area contributed by atoms with E-state index >= 15 is 0 Å². The average molecular weight is 460 g/mol. The van der Waals surface area contributed by atoms with Crippen LogP contribution < -0.4 is 0 Å². The van der Waals surface area contributed by atoms with Gasteiger partial charge in [0, 0.05) is 18.3 Å². The van der Waals surface area contributed by atoms with Crippen molar-refractivity contribution in [3.63, 3.8) is 0 Å². The minimum Gasteiger partial charge on any atom is -0.471 e. The van der Waals surface area contributed by atoms with Gasteiger partial charge in [-0.05, 0) is 13.3 Å². The molecule has 0 amide bonds. The van der Waals surface area contributed by atoms with Crippen LogP contribution in [0.5, 0.6) is 0 Å². The van der Waals surface area contributed by atoms with Crippen LogP contribution in [-0.4, -0.2) is 96.1 Å². The molecule has 3 heterocycles. The van der Waals surface area contributed by atoms with E-state index in [0.717, 1.165) is 6.42 Å². The maximum atomic E-state index is 12.4. The summed E-state index contributed by atoms with van der Waals surface area (Å²) in [5, 5.41) is 39.7. The first kappa shape index (κ1) is 25.1. The van der Waals surface area contributed by atoms with Gasteiger partial charge >= 0.3 is 5.97 Å². The normalized spacial score (nSPS) is 42.5. The molecular formula is C21H32O11. The molecule has 0 saturated carbocycles. The van der Waals surface area contributed by atoms with Gasteiger partial charge in [-0.1, -0.05) is 6.08 Å². The lowest BCUT2D eigenvalue weighted by molar-refractivity contribution is -0.340. The molecule has 0 aliphatic carbocycles. The summed E-state index contributed by atoms with van der Waals surface area (Å²) in [5.41, 5.74) is 0.247. The van der Waals surface area contributed by atoms with Gasteiger partial charge in [-0.25, -0.2) is 4.79 Å². The zero-order chi connectivity index (χ0) is 23.4. The van der Waals surface area contributed by atoms with Crippen LogP contribution in [0.1, 0.15) is 19.8 Å². The minimum atomic E-state index is -1.60. The van der Waals surface area contributed by atoms with E-state index in [2.05, 4.69) is 6.58 Å². The lowest BCUT2D eigenvalue weighted by Gasteiger charge is -2.43. The van der Waals surface area contributed by atoms with E-state index in [1.54, 1.807) is 6.08 Å². The minimum absolute atomic E-state index is 0.00231. The Hall–Kier alpha value is -1.57. The van der Waals surface area contributed by atoms with Crippen LogP contribution >= 0.6 is 0 Å². The van der Waals surface area contributed by atoms with Crippen molar-refractivity contribution in [1.29, 1.82) is 0 Å². The molecule has 182 valence electrons. The number of methoxy groups -OCH3 is 1. The van der Waals surface area contributed by atoms with Crippen molar-refractivity contribution < 1.29 is 53.6 Å². The standard InChI is InChI=1S/C21H32O11/c1-4-11-12(7-15-28-6-5-10(2)30-15)13(19(26)27-3)9-29-20(11)32-21-18(25)17(24)16(23)14(8-22)31-21/h4,9-12,14-18,20-25H,1,5-8H2,2-3H3/t10-,11-,12-,14+,15+,16-,17-,18+,20-,21-/m0/s1. The number of esters is 1. The molecule has 0 aromatic heterocycles. The van der Waals surface area contributed by atoms with Crippen molar-refractivity contribution in [3.8, 4) is 0 Å². The highest BCUT2D eigenvalue weighted by Gasteiger charge is 2.48. The molecule has 2 saturated heterocycles. The van der Waals surface area contributed by atoms with E-state index in [0.29, 0.717) is 13.0 Å². The second-order valence-corrected chi connectivity index (χ2v) is 8.09. The van der Waals surface area contributed by atoms with E-state index in [-0.39, 0.29) is 11.7 Å². The van der Waals surface area contributed by atoms with Gasteiger partial charge in [0.05, 0.1) is 38.3 Å². The van der Waals surface area contributed by atoms with Crippen LogP contribution in [0.15, 0.2) is 24.5 Å². The van der Waals surface area contributed by atoms with Gasteiger partial charge in [0.25, 0.3) is 0 Å². The van der Waals surface area contributed by atoms with Crippen LogP contribution in [0.25, 0.3) is 0 Å². The summed E-state index contributed by atoms with van der Waals surface area (Å²) in [4.78, 5) is 12.4. The number of ether oxygens (including phenoxy) is 6. The predicted molar refractivity (Wildman–Crippen MR) is 107 cm³/mol. The van der Waals surface area contributed by atoms with Crippen LogP contribution in [0, 0.1) is 11.8 Å². The Morgan fingerprint density at radius 3 is 2.59 bits per heavy atom. The third-order valence-electron chi connectivity index (χ3n) is 5.98. The average Bonchev–Trinajstić information content (AvgIpc) is 2.79. The third-order valence-corrected chi connectivity index (χ3v) is 5.98. The zero-order valence-electron chi connectivity index (χ0n) is 18.1. The fourth-order valence-corrected chi connectivity index (χ4v) is 4.09. The molecule has 0 unspecified atom stereocenters. The topological polar surface area (TPSA) is 153 Å². The molecule has 3 rings (SSSR count). The molecule has 0 aromatic rings. The Morgan fingerprint density at radius 1 is 1.22 bits per heavy atom. The molecule has 0 spiro atoms. The molecule has 0 radical (unpaired) electrons. The van der Waals surface area contributed by atoms with Gasteiger partial charge in [-0.2, -0.15) is 0 Å². The molecular weight excluding hydrogens is 428 g/mol. The lowest BCUT2D eigenvalue weighted by Crippen LogP contribution is -2.60. The molecule has 3 aliphatic heterocycles. The second-order valence-electron chi connectivity index (χ2n) is 8.09. The van der Waals surface area contributed by atoms with E-state index in [1.807, 2.05) is 6.92 Å². The first-order valence-electron chi connectivity index (χ1n) is 10.6. The first-order chi connectivity index (χ1) is 15.3. The van der Waals surface area contributed by atoms with Crippen molar-refractivity contribution >= 4 is 5.97 Å². The predicted octanol–water partition coefficient (Wildman–Crippen LogP) is -0.824. The smallest absolute Gasteiger partial charge is 0.337 e.